The van der Waals surface area contributed by atoms with Gasteiger partial charge in [-0.15, -0.1) is 0 Å². The fourth-order valence-electron chi connectivity index (χ4n) is 1.55. The van der Waals surface area contributed by atoms with Gasteiger partial charge in [0, 0.05) is 17.0 Å². The smallest absolute Gasteiger partial charge is 0.242 e. The first-order chi connectivity index (χ1) is 8.81. The molecule has 0 radical (unpaired) electrons. The molecule has 2 atom stereocenters. The molecule has 0 aromatic heterocycles. The van der Waals surface area contributed by atoms with Gasteiger partial charge in [-0.25, -0.2) is 13.1 Å². The van der Waals surface area contributed by atoms with Crippen LogP contribution in [0, 0.1) is 0 Å². The molecule has 0 aliphatic carbocycles. The summed E-state index contributed by atoms with van der Waals surface area (Å²) in [6.07, 6.45) is 1.80. The van der Waals surface area contributed by atoms with Crippen LogP contribution in [0.25, 0.3) is 0 Å². The van der Waals surface area contributed by atoms with E-state index in [1.54, 1.807) is 13.2 Å². The van der Waals surface area contributed by atoms with Crippen LogP contribution in [0.15, 0.2) is 23.1 Å². The number of anilines is 1. The van der Waals surface area contributed by atoms with Crippen LogP contribution in [0.4, 0.5) is 5.69 Å². The molecule has 0 bridgehead atoms. The van der Waals surface area contributed by atoms with Crippen LogP contribution >= 0.6 is 23.4 Å². The van der Waals surface area contributed by atoms with E-state index in [0.717, 1.165) is 0 Å². The molecule has 1 rings (SSSR count). The molecule has 108 valence electrons. The van der Waals surface area contributed by atoms with Crippen molar-refractivity contribution in [3.05, 3.63) is 23.2 Å². The number of aliphatic hydroxyl groups excluding tert-OH is 1. The number of thioether (sulfide) groups is 1. The first kappa shape index (κ1) is 16.6. The fraction of sp³-hybridized carbons (Fsp3) is 0.455. The van der Waals surface area contributed by atoms with E-state index >= 15 is 0 Å². The number of hydrogen-bond acceptors (Lipinski definition) is 5. The van der Waals surface area contributed by atoms with E-state index < -0.39 is 16.1 Å². The minimum atomic E-state index is -3.76. The molecule has 2 unspecified atom stereocenters. The summed E-state index contributed by atoms with van der Waals surface area (Å²) in [6.45, 7) is 1.57. The van der Waals surface area contributed by atoms with Crippen molar-refractivity contribution in [2.75, 3.05) is 18.6 Å². The molecule has 0 aliphatic rings. The zero-order chi connectivity index (χ0) is 14.6. The van der Waals surface area contributed by atoms with Crippen LogP contribution < -0.4 is 10.5 Å². The summed E-state index contributed by atoms with van der Waals surface area (Å²) >= 11 is 7.27. The summed E-state index contributed by atoms with van der Waals surface area (Å²) in [7, 11) is -3.76. The van der Waals surface area contributed by atoms with Gasteiger partial charge in [-0.2, -0.15) is 11.8 Å². The largest absolute Gasteiger partial charge is 0.399 e. The molecule has 19 heavy (non-hydrogen) atoms. The zero-order valence-corrected chi connectivity index (χ0v) is 13.0. The molecule has 0 aliphatic heterocycles. The summed E-state index contributed by atoms with van der Waals surface area (Å²) in [5.41, 5.74) is 5.89. The number of halogens is 1. The first-order valence-electron chi connectivity index (χ1n) is 5.53. The Hall–Kier alpha value is -0.470. The third-order valence-corrected chi connectivity index (χ3v) is 5.83. The highest BCUT2D eigenvalue weighted by Crippen LogP contribution is 2.24. The van der Waals surface area contributed by atoms with E-state index in [2.05, 4.69) is 4.72 Å². The SMILES string of the molecule is CSC(CO)C(C)NS(=O)(=O)c1cc(N)ccc1Cl. The Morgan fingerprint density at radius 3 is 2.68 bits per heavy atom. The van der Waals surface area contributed by atoms with Crippen molar-refractivity contribution in [1.82, 2.24) is 4.72 Å². The predicted octanol–water partition coefficient (Wildman–Crippen LogP) is 1.31. The van der Waals surface area contributed by atoms with Gasteiger partial charge in [0.25, 0.3) is 0 Å². The quantitative estimate of drug-likeness (QED) is 0.686. The highest BCUT2D eigenvalue weighted by molar-refractivity contribution is 7.99. The molecule has 8 heteroatoms. The van der Waals surface area contributed by atoms with Crippen molar-refractivity contribution < 1.29 is 13.5 Å². The standard InChI is InChI=1S/C11H17ClN2O3S2/c1-7(10(6-15)18-2)14-19(16,17)11-5-8(13)3-4-9(11)12/h3-5,7,10,14-15H,6,13H2,1-2H3. The third kappa shape index (κ3) is 4.25. The minimum absolute atomic E-state index is 0.0567. The second-order valence-electron chi connectivity index (χ2n) is 4.06. The van der Waals surface area contributed by atoms with Gasteiger partial charge in [0.2, 0.25) is 10.0 Å². The lowest BCUT2D eigenvalue weighted by molar-refractivity contribution is 0.282. The molecule has 1 aromatic rings. The van der Waals surface area contributed by atoms with Crippen molar-refractivity contribution in [1.29, 1.82) is 0 Å². The minimum Gasteiger partial charge on any atom is -0.399 e. The van der Waals surface area contributed by atoms with Crippen molar-refractivity contribution in [3.63, 3.8) is 0 Å². The number of benzene rings is 1. The Labute approximate surface area is 122 Å². The van der Waals surface area contributed by atoms with Gasteiger partial charge in [0.05, 0.1) is 11.6 Å². The zero-order valence-electron chi connectivity index (χ0n) is 10.6. The Balaban J connectivity index is 3.01. The number of nitrogens with one attached hydrogen (secondary N) is 1. The first-order valence-corrected chi connectivity index (χ1v) is 8.67. The van der Waals surface area contributed by atoms with Crippen LogP contribution in [-0.2, 0) is 10.0 Å². The van der Waals surface area contributed by atoms with E-state index in [1.165, 1.54) is 30.0 Å². The van der Waals surface area contributed by atoms with E-state index in [-0.39, 0.29) is 21.8 Å². The van der Waals surface area contributed by atoms with Crippen LogP contribution in [0.2, 0.25) is 5.02 Å². The summed E-state index contributed by atoms with van der Waals surface area (Å²) in [4.78, 5) is -0.0567. The lowest BCUT2D eigenvalue weighted by Crippen LogP contribution is -2.41. The number of hydrogen-bond donors (Lipinski definition) is 3. The molecule has 0 saturated heterocycles. The van der Waals surface area contributed by atoms with E-state index in [9.17, 15) is 8.42 Å². The summed E-state index contributed by atoms with van der Waals surface area (Å²) in [5.74, 6) is 0. The van der Waals surface area contributed by atoms with Gasteiger partial charge in [0.1, 0.15) is 4.90 Å². The summed E-state index contributed by atoms with van der Waals surface area (Å²) < 4.78 is 26.9. The number of rotatable bonds is 6. The lowest BCUT2D eigenvalue weighted by Gasteiger charge is -2.21. The molecule has 0 fully saturated rings. The maximum atomic E-state index is 12.2. The maximum Gasteiger partial charge on any atom is 0.242 e. The third-order valence-electron chi connectivity index (χ3n) is 2.63. The Kier molecular flexibility index (Phi) is 5.94. The van der Waals surface area contributed by atoms with Crippen LogP contribution in [0.1, 0.15) is 6.92 Å². The Morgan fingerprint density at radius 2 is 2.16 bits per heavy atom. The fourth-order valence-corrected chi connectivity index (χ4v) is 4.08. The summed E-state index contributed by atoms with van der Waals surface area (Å²) in [6, 6.07) is 3.85. The van der Waals surface area contributed by atoms with Crippen molar-refractivity contribution in [2.45, 2.75) is 23.1 Å². The van der Waals surface area contributed by atoms with Gasteiger partial charge < -0.3 is 10.8 Å². The molecular weight excluding hydrogens is 308 g/mol. The topological polar surface area (TPSA) is 92.4 Å². The second-order valence-corrected chi connectivity index (χ2v) is 7.22. The molecule has 4 N–H and O–H groups in total. The van der Waals surface area contributed by atoms with E-state index in [1.807, 2.05) is 0 Å². The van der Waals surface area contributed by atoms with Crippen LogP contribution in [0.5, 0.6) is 0 Å². The molecule has 0 saturated carbocycles. The highest BCUT2D eigenvalue weighted by atomic mass is 35.5. The lowest BCUT2D eigenvalue weighted by atomic mass is 10.3. The van der Waals surface area contributed by atoms with Gasteiger partial charge >= 0.3 is 0 Å². The van der Waals surface area contributed by atoms with Gasteiger partial charge in [-0.05, 0) is 31.4 Å². The van der Waals surface area contributed by atoms with Crippen LogP contribution in [0.3, 0.4) is 0 Å². The monoisotopic (exact) mass is 324 g/mol. The van der Waals surface area contributed by atoms with Gasteiger partial charge in [-0.1, -0.05) is 11.6 Å². The summed E-state index contributed by atoms with van der Waals surface area (Å²) in [5, 5.41) is 9.04. The normalized spacial score (nSPS) is 15.2. The average molecular weight is 325 g/mol. The number of nitrogen functional groups attached to an aromatic ring is 1. The number of nitrogens with two attached hydrogens (primary N) is 1. The molecule has 0 spiro atoms. The number of sulfonamides is 1. The van der Waals surface area contributed by atoms with Crippen molar-refractivity contribution in [3.8, 4) is 0 Å². The van der Waals surface area contributed by atoms with Crippen molar-refractivity contribution in [2.24, 2.45) is 0 Å². The van der Waals surface area contributed by atoms with Gasteiger partial charge in [-0.3, -0.25) is 0 Å². The molecule has 0 heterocycles. The van der Waals surface area contributed by atoms with E-state index in [0.29, 0.717) is 5.69 Å². The Morgan fingerprint density at radius 1 is 1.53 bits per heavy atom. The van der Waals surface area contributed by atoms with E-state index in [4.69, 9.17) is 22.4 Å². The van der Waals surface area contributed by atoms with Gasteiger partial charge in [0.15, 0.2) is 0 Å². The second kappa shape index (κ2) is 6.81. The molecule has 1 aromatic carbocycles. The Bertz CT molecular complexity index is 533. The molecule has 0 amide bonds. The highest BCUT2D eigenvalue weighted by Gasteiger charge is 2.24. The maximum absolute atomic E-state index is 12.2. The van der Waals surface area contributed by atoms with Crippen molar-refractivity contribution >= 4 is 39.1 Å². The molecule has 5 nitrogen and oxygen atoms in total. The molecular formula is C11H17ClN2O3S2. The predicted molar refractivity (Wildman–Crippen MR) is 80.0 cm³/mol. The number of aliphatic hydroxyl groups is 1. The average Bonchev–Trinajstić information content (AvgIpc) is 2.33. The van der Waals surface area contributed by atoms with Crippen LogP contribution in [-0.4, -0.2) is 37.7 Å².